The maximum atomic E-state index is 10.0. The average Bonchev–Trinajstić information content (AvgIpc) is 2.46. The van der Waals surface area contributed by atoms with Crippen LogP contribution < -0.4 is 0 Å². The van der Waals surface area contributed by atoms with Gasteiger partial charge in [0.25, 0.3) is 0 Å². The monoisotopic (exact) mass is 475 g/mol. The predicted octanol–water partition coefficient (Wildman–Crippen LogP) is 3.68. The van der Waals surface area contributed by atoms with Crippen molar-refractivity contribution in [3.8, 4) is 11.3 Å². The second-order valence-corrected chi connectivity index (χ2v) is 4.98. The number of carbonyl (C=O) groups excluding carboxylic acids is 1. The molecular formula is C18H18NO2Pt-. The van der Waals surface area contributed by atoms with E-state index in [-0.39, 0.29) is 32.6 Å². The second-order valence-electron chi connectivity index (χ2n) is 4.98. The van der Waals surface area contributed by atoms with Crippen LogP contribution in [0, 0.1) is 6.07 Å². The van der Waals surface area contributed by atoms with Crippen molar-refractivity contribution >= 4 is 5.78 Å². The Morgan fingerprint density at radius 1 is 1.23 bits per heavy atom. The van der Waals surface area contributed by atoms with Crippen LogP contribution in [0.4, 0.5) is 0 Å². The molecule has 22 heavy (non-hydrogen) atoms. The van der Waals surface area contributed by atoms with Gasteiger partial charge in [0.2, 0.25) is 0 Å². The summed E-state index contributed by atoms with van der Waals surface area (Å²) in [4.78, 5) is 14.4. The Balaban J connectivity index is 0.000000264. The van der Waals surface area contributed by atoms with Crippen LogP contribution in [0.1, 0.15) is 25.0 Å². The van der Waals surface area contributed by atoms with Gasteiger partial charge in [-0.1, -0.05) is 18.1 Å². The zero-order valence-electron chi connectivity index (χ0n) is 12.6. The molecule has 1 N–H and O–H groups in total. The number of ketones is 1. The summed E-state index contributed by atoms with van der Waals surface area (Å²) in [6.07, 6.45) is 5.24. The molecule has 4 heteroatoms. The quantitative estimate of drug-likeness (QED) is 0.389. The molecule has 0 aliphatic heterocycles. The summed E-state index contributed by atoms with van der Waals surface area (Å²) in [5.74, 6) is -0.0625. The molecule has 0 unspecified atom stereocenters. The van der Waals surface area contributed by atoms with E-state index in [4.69, 9.17) is 5.11 Å². The number of nitrogens with zero attached hydrogens (tertiary/aromatic N) is 1. The third-order valence-corrected chi connectivity index (χ3v) is 3.15. The van der Waals surface area contributed by atoms with Crippen molar-refractivity contribution in [1.29, 1.82) is 0 Å². The second kappa shape index (κ2) is 8.65. The number of fused-ring (bicyclic) bond motifs is 3. The van der Waals surface area contributed by atoms with Gasteiger partial charge in [0.05, 0.1) is 5.76 Å². The van der Waals surface area contributed by atoms with E-state index in [1.165, 1.54) is 36.6 Å². The van der Waals surface area contributed by atoms with Crippen molar-refractivity contribution in [2.45, 2.75) is 26.7 Å². The van der Waals surface area contributed by atoms with E-state index in [0.717, 1.165) is 18.5 Å². The summed E-state index contributed by atoms with van der Waals surface area (Å²) in [7, 11) is 0. The van der Waals surface area contributed by atoms with Crippen molar-refractivity contribution in [2.75, 3.05) is 0 Å². The Bertz CT molecular complexity index is 631. The summed E-state index contributed by atoms with van der Waals surface area (Å²) < 4.78 is 0. The van der Waals surface area contributed by atoms with Crippen LogP contribution in [0.3, 0.4) is 0 Å². The summed E-state index contributed by atoms with van der Waals surface area (Å²) in [6.45, 7) is 2.85. The number of carbonyl (C=O) groups is 1. The van der Waals surface area contributed by atoms with Crippen LogP contribution in [0.2, 0.25) is 0 Å². The number of hydrogen-bond acceptors (Lipinski definition) is 3. The van der Waals surface area contributed by atoms with Crippen molar-refractivity contribution in [2.24, 2.45) is 0 Å². The van der Waals surface area contributed by atoms with Crippen molar-refractivity contribution in [1.82, 2.24) is 4.98 Å². The van der Waals surface area contributed by atoms with Crippen LogP contribution in [0.5, 0.6) is 0 Å². The fraction of sp³-hybridized carbons (Fsp3) is 0.222. The standard InChI is InChI=1S/C13H10N.C5H8O2.Pt/c1-2-6-12-10(4-1)7-8-11-5-3-9-14-13(11)12;1-4(6)3-5(2)7;/h1-5,9H,7-8H2;3,6H,1-2H3;/q-1;;. The molecule has 0 atom stereocenters. The van der Waals surface area contributed by atoms with E-state index in [2.05, 4.69) is 23.2 Å². The van der Waals surface area contributed by atoms with Crippen LogP contribution in [0.15, 0.2) is 48.4 Å². The fourth-order valence-electron chi connectivity index (χ4n) is 2.33. The molecule has 3 rings (SSSR count). The molecule has 0 amide bonds. The summed E-state index contributed by atoms with van der Waals surface area (Å²) in [5.41, 5.74) is 5.03. The maximum absolute atomic E-state index is 10.0. The van der Waals surface area contributed by atoms with Crippen molar-refractivity contribution < 1.29 is 31.0 Å². The minimum absolute atomic E-state index is 0. The minimum atomic E-state index is -0.125. The first-order chi connectivity index (χ1) is 10.1. The van der Waals surface area contributed by atoms with Gasteiger partial charge in [-0.3, -0.25) is 4.79 Å². The Morgan fingerprint density at radius 2 is 1.91 bits per heavy atom. The molecule has 1 aliphatic rings. The normalized spacial score (nSPS) is 12.0. The SMILES string of the molecule is CC(=O)C=C(C)O.[Pt].[c-]1cccc2c1-c1ncccc1CC2. The largest absolute Gasteiger partial charge is 0.512 e. The summed E-state index contributed by atoms with van der Waals surface area (Å²) in [5, 5.41) is 8.36. The molecule has 2 aromatic rings. The van der Waals surface area contributed by atoms with Gasteiger partial charge in [0, 0.05) is 33.3 Å². The molecule has 1 aromatic heterocycles. The molecular weight excluding hydrogens is 457 g/mol. The predicted molar refractivity (Wildman–Crippen MR) is 83.0 cm³/mol. The third-order valence-electron chi connectivity index (χ3n) is 3.15. The van der Waals surface area contributed by atoms with Gasteiger partial charge >= 0.3 is 0 Å². The smallest absolute Gasteiger partial charge is 0.155 e. The number of benzene rings is 1. The van der Waals surface area contributed by atoms with Crippen LogP contribution in [-0.2, 0) is 38.7 Å². The molecule has 0 saturated carbocycles. The number of rotatable bonds is 1. The first-order valence-corrected chi connectivity index (χ1v) is 6.89. The van der Waals surface area contributed by atoms with E-state index >= 15 is 0 Å². The molecule has 0 spiro atoms. The average molecular weight is 475 g/mol. The van der Waals surface area contributed by atoms with E-state index in [9.17, 15) is 4.79 Å². The molecule has 118 valence electrons. The van der Waals surface area contributed by atoms with Gasteiger partial charge < -0.3 is 10.1 Å². The van der Waals surface area contributed by atoms with Gasteiger partial charge in [0.1, 0.15) is 0 Å². The molecule has 0 fully saturated rings. The summed E-state index contributed by atoms with van der Waals surface area (Å²) in [6, 6.07) is 13.6. The van der Waals surface area contributed by atoms with Gasteiger partial charge in [-0.2, -0.15) is 0 Å². The third kappa shape index (κ3) is 4.92. The fourth-order valence-corrected chi connectivity index (χ4v) is 2.33. The van der Waals surface area contributed by atoms with E-state index in [1.54, 1.807) is 0 Å². The number of pyridine rings is 1. The number of aliphatic hydroxyl groups excluding tert-OH is 1. The molecule has 1 heterocycles. The number of hydrogen-bond donors (Lipinski definition) is 1. The van der Waals surface area contributed by atoms with Crippen LogP contribution in [0.25, 0.3) is 11.3 Å². The molecule has 3 nitrogen and oxygen atoms in total. The topological polar surface area (TPSA) is 50.2 Å². The van der Waals surface area contributed by atoms with Crippen molar-refractivity contribution in [3.63, 3.8) is 0 Å². The molecule has 1 aliphatic carbocycles. The molecule has 0 bridgehead atoms. The number of allylic oxidation sites excluding steroid dienone is 2. The molecule has 1 aromatic carbocycles. The maximum Gasteiger partial charge on any atom is 0.155 e. The van der Waals surface area contributed by atoms with E-state index < -0.39 is 0 Å². The van der Waals surface area contributed by atoms with Crippen LogP contribution >= 0.6 is 0 Å². The Hall–Kier alpha value is -1.73. The van der Waals surface area contributed by atoms with Gasteiger partial charge in [0.15, 0.2) is 5.78 Å². The Kier molecular flexibility index (Phi) is 7.20. The van der Waals surface area contributed by atoms with Gasteiger partial charge in [-0.15, -0.1) is 35.4 Å². The molecule has 0 saturated heterocycles. The minimum Gasteiger partial charge on any atom is -0.512 e. The molecule has 0 radical (unpaired) electrons. The Morgan fingerprint density at radius 3 is 2.55 bits per heavy atom. The van der Waals surface area contributed by atoms with Gasteiger partial charge in [-0.25, -0.2) is 0 Å². The summed E-state index contributed by atoms with van der Waals surface area (Å²) >= 11 is 0. The first kappa shape index (κ1) is 18.3. The number of aliphatic hydroxyl groups is 1. The van der Waals surface area contributed by atoms with E-state index in [1.807, 2.05) is 24.4 Å². The number of aryl methyl sites for hydroxylation is 2. The first-order valence-electron chi connectivity index (χ1n) is 6.89. The van der Waals surface area contributed by atoms with E-state index in [0.29, 0.717) is 0 Å². The Labute approximate surface area is 145 Å². The number of aromatic nitrogens is 1. The zero-order chi connectivity index (χ0) is 15.2. The van der Waals surface area contributed by atoms with Crippen LogP contribution in [-0.4, -0.2) is 15.9 Å². The van der Waals surface area contributed by atoms with Gasteiger partial charge in [-0.05, 0) is 32.0 Å². The van der Waals surface area contributed by atoms with Crippen molar-refractivity contribution in [3.05, 3.63) is 65.6 Å². The zero-order valence-corrected chi connectivity index (χ0v) is 14.8.